The zero-order chi connectivity index (χ0) is 22.4. The minimum absolute atomic E-state index is 0.169. The van der Waals surface area contributed by atoms with Crippen molar-refractivity contribution in [3.05, 3.63) is 65.0 Å². The molecule has 1 heterocycles. The number of methoxy groups -OCH3 is 1. The van der Waals surface area contributed by atoms with Gasteiger partial charge in [0.15, 0.2) is 11.0 Å². The molecule has 0 saturated carbocycles. The number of carbonyl (C=O) groups excluding carboxylic acids is 2. The van der Waals surface area contributed by atoms with Crippen LogP contribution in [0.2, 0.25) is 0 Å². The van der Waals surface area contributed by atoms with Crippen LogP contribution in [0.25, 0.3) is 0 Å². The van der Waals surface area contributed by atoms with Crippen LogP contribution in [0.1, 0.15) is 27.3 Å². The van der Waals surface area contributed by atoms with Crippen molar-refractivity contribution in [2.45, 2.75) is 25.6 Å². The Bertz CT molecular complexity index is 1080. The summed E-state index contributed by atoms with van der Waals surface area (Å²) in [7, 11) is 3.16. The van der Waals surface area contributed by atoms with Gasteiger partial charge in [0.05, 0.1) is 18.4 Å². The van der Waals surface area contributed by atoms with Gasteiger partial charge in [-0.2, -0.15) is 0 Å². The van der Waals surface area contributed by atoms with Gasteiger partial charge < -0.3 is 19.4 Å². The Morgan fingerprint density at radius 1 is 1.10 bits per heavy atom. The van der Waals surface area contributed by atoms with Crippen LogP contribution in [-0.4, -0.2) is 39.5 Å². The zero-order valence-corrected chi connectivity index (χ0v) is 18.7. The van der Waals surface area contributed by atoms with E-state index in [9.17, 15) is 9.59 Å². The lowest BCUT2D eigenvalue weighted by molar-refractivity contribution is -0.113. The van der Waals surface area contributed by atoms with Gasteiger partial charge in [-0.3, -0.25) is 4.79 Å². The van der Waals surface area contributed by atoms with Crippen molar-refractivity contribution >= 4 is 29.3 Å². The highest BCUT2D eigenvalue weighted by atomic mass is 32.2. The van der Waals surface area contributed by atoms with Gasteiger partial charge in [0.25, 0.3) is 0 Å². The fourth-order valence-electron chi connectivity index (χ4n) is 2.75. The van der Waals surface area contributed by atoms with Crippen molar-refractivity contribution in [2.24, 2.45) is 7.05 Å². The fourth-order valence-corrected chi connectivity index (χ4v) is 3.48. The Morgan fingerprint density at radius 3 is 2.55 bits per heavy atom. The Hall–Kier alpha value is -3.33. The number of rotatable bonds is 8. The number of amides is 1. The normalized spacial score (nSPS) is 10.6. The number of nitrogens with zero attached hydrogens (tertiary/aromatic N) is 3. The van der Waals surface area contributed by atoms with Crippen LogP contribution in [0.15, 0.2) is 47.6 Å². The first-order valence-corrected chi connectivity index (χ1v) is 10.6. The zero-order valence-electron chi connectivity index (χ0n) is 17.8. The minimum Gasteiger partial charge on any atom is -0.485 e. The van der Waals surface area contributed by atoms with Crippen molar-refractivity contribution in [1.82, 2.24) is 14.8 Å². The molecule has 0 aliphatic carbocycles. The highest BCUT2D eigenvalue weighted by Crippen LogP contribution is 2.22. The summed E-state index contributed by atoms with van der Waals surface area (Å²) in [6.07, 6.45) is 0. The molecule has 0 radical (unpaired) electrons. The van der Waals surface area contributed by atoms with Crippen molar-refractivity contribution in [2.75, 3.05) is 18.2 Å². The third kappa shape index (κ3) is 5.64. The molecule has 1 amide bonds. The van der Waals surface area contributed by atoms with E-state index in [0.717, 1.165) is 16.9 Å². The molecule has 1 N–H and O–H groups in total. The fraction of sp³-hybridized carbons (Fsp3) is 0.273. The summed E-state index contributed by atoms with van der Waals surface area (Å²) in [6.45, 7) is 4.34. The summed E-state index contributed by atoms with van der Waals surface area (Å²) < 4.78 is 12.4. The first-order valence-electron chi connectivity index (χ1n) is 9.57. The van der Waals surface area contributed by atoms with E-state index in [2.05, 4.69) is 20.3 Å². The summed E-state index contributed by atoms with van der Waals surface area (Å²) in [6, 6.07) is 12.4. The largest absolute Gasteiger partial charge is 0.485 e. The maximum atomic E-state index is 12.3. The molecule has 8 nitrogen and oxygen atoms in total. The number of anilines is 1. The van der Waals surface area contributed by atoms with E-state index in [1.165, 1.54) is 18.9 Å². The SMILES string of the molecule is COC(=O)c1ccc(NC(=O)CSc2nnc(COc3cccc(C)c3C)n2C)cc1. The molecule has 0 aliphatic heterocycles. The quantitative estimate of drug-likeness (QED) is 0.423. The van der Waals surface area contributed by atoms with Gasteiger partial charge in [-0.15, -0.1) is 10.2 Å². The molecule has 3 rings (SSSR count). The molecule has 3 aromatic rings. The number of nitrogens with one attached hydrogen (secondary N) is 1. The average molecular weight is 441 g/mol. The lowest BCUT2D eigenvalue weighted by atomic mass is 10.1. The van der Waals surface area contributed by atoms with Crippen molar-refractivity contribution in [3.63, 3.8) is 0 Å². The number of ether oxygens (including phenoxy) is 2. The Morgan fingerprint density at radius 2 is 1.84 bits per heavy atom. The van der Waals surface area contributed by atoms with E-state index in [1.807, 2.05) is 43.7 Å². The first kappa shape index (κ1) is 22.4. The lowest BCUT2D eigenvalue weighted by Gasteiger charge is -2.10. The smallest absolute Gasteiger partial charge is 0.337 e. The molecule has 0 spiro atoms. The van der Waals surface area contributed by atoms with Crippen LogP contribution < -0.4 is 10.1 Å². The van der Waals surface area contributed by atoms with E-state index >= 15 is 0 Å². The monoisotopic (exact) mass is 440 g/mol. The van der Waals surface area contributed by atoms with Crippen molar-refractivity contribution in [3.8, 4) is 5.75 Å². The lowest BCUT2D eigenvalue weighted by Crippen LogP contribution is -2.14. The molecular weight excluding hydrogens is 416 g/mol. The molecule has 0 atom stereocenters. The van der Waals surface area contributed by atoms with E-state index in [0.29, 0.717) is 22.2 Å². The summed E-state index contributed by atoms with van der Waals surface area (Å²) >= 11 is 1.28. The summed E-state index contributed by atoms with van der Waals surface area (Å²) in [4.78, 5) is 23.7. The molecular formula is C22H24N4O4S. The molecule has 0 unspecified atom stereocenters. The van der Waals surface area contributed by atoms with Gasteiger partial charge >= 0.3 is 5.97 Å². The summed E-state index contributed by atoms with van der Waals surface area (Å²) in [5.41, 5.74) is 3.27. The van der Waals surface area contributed by atoms with Crippen LogP contribution >= 0.6 is 11.8 Å². The predicted octanol–water partition coefficient (Wildman–Crippen LogP) is 3.53. The summed E-state index contributed by atoms with van der Waals surface area (Å²) in [5, 5.41) is 11.7. The van der Waals surface area contributed by atoms with Crippen LogP contribution in [0.3, 0.4) is 0 Å². The predicted molar refractivity (Wildman–Crippen MR) is 118 cm³/mol. The maximum absolute atomic E-state index is 12.3. The molecule has 162 valence electrons. The van der Waals surface area contributed by atoms with E-state index < -0.39 is 5.97 Å². The second kappa shape index (κ2) is 10.1. The van der Waals surface area contributed by atoms with Gasteiger partial charge in [-0.1, -0.05) is 23.9 Å². The van der Waals surface area contributed by atoms with E-state index in [4.69, 9.17) is 4.74 Å². The van der Waals surface area contributed by atoms with Gasteiger partial charge in [0, 0.05) is 12.7 Å². The molecule has 9 heteroatoms. The number of hydrogen-bond donors (Lipinski definition) is 1. The Kier molecular flexibility index (Phi) is 7.30. The number of aromatic nitrogens is 3. The van der Waals surface area contributed by atoms with Crippen LogP contribution in [-0.2, 0) is 23.2 Å². The highest BCUT2D eigenvalue weighted by molar-refractivity contribution is 7.99. The molecule has 31 heavy (non-hydrogen) atoms. The van der Waals surface area contributed by atoms with Crippen molar-refractivity contribution < 1.29 is 19.1 Å². The molecule has 0 aliphatic rings. The average Bonchev–Trinajstić information content (AvgIpc) is 3.12. The summed E-state index contributed by atoms with van der Waals surface area (Å²) in [5.74, 6) is 1.04. The molecule has 2 aromatic carbocycles. The van der Waals surface area contributed by atoms with E-state index in [1.54, 1.807) is 24.3 Å². The Balaban J connectivity index is 1.53. The number of aryl methyl sites for hydroxylation is 1. The molecule has 0 saturated heterocycles. The molecule has 0 bridgehead atoms. The third-order valence-corrected chi connectivity index (χ3v) is 5.78. The number of hydrogen-bond acceptors (Lipinski definition) is 7. The van der Waals surface area contributed by atoms with Crippen molar-refractivity contribution in [1.29, 1.82) is 0 Å². The standard InChI is InChI=1S/C22H24N4O4S/c1-14-6-5-7-18(15(14)2)30-12-19-24-25-22(26(19)3)31-13-20(27)23-17-10-8-16(9-11-17)21(28)29-4/h5-11H,12-13H2,1-4H3,(H,23,27). The number of thioether (sulfide) groups is 1. The van der Waals surface area contributed by atoms with Crippen LogP contribution in [0.4, 0.5) is 5.69 Å². The highest BCUT2D eigenvalue weighted by Gasteiger charge is 2.13. The molecule has 0 fully saturated rings. The van der Waals surface area contributed by atoms with Crippen LogP contribution in [0.5, 0.6) is 5.75 Å². The van der Waals surface area contributed by atoms with E-state index in [-0.39, 0.29) is 18.3 Å². The second-order valence-corrected chi connectivity index (χ2v) is 7.79. The van der Waals surface area contributed by atoms with Crippen LogP contribution in [0, 0.1) is 13.8 Å². The van der Waals surface area contributed by atoms with Gasteiger partial charge in [-0.05, 0) is 55.3 Å². The third-order valence-electron chi connectivity index (χ3n) is 4.76. The first-order chi connectivity index (χ1) is 14.9. The topological polar surface area (TPSA) is 95.3 Å². The minimum atomic E-state index is -0.423. The maximum Gasteiger partial charge on any atom is 0.337 e. The van der Waals surface area contributed by atoms with Gasteiger partial charge in [0.2, 0.25) is 5.91 Å². The van der Waals surface area contributed by atoms with Gasteiger partial charge in [-0.25, -0.2) is 4.79 Å². The second-order valence-electron chi connectivity index (χ2n) is 6.85. The number of esters is 1. The number of carbonyl (C=O) groups is 2. The van der Waals surface area contributed by atoms with Gasteiger partial charge in [0.1, 0.15) is 12.4 Å². The Labute approximate surface area is 185 Å². The number of benzene rings is 2. The molecule has 1 aromatic heterocycles.